The van der Waals surface area contributed by atoms with E-state index in [-0.39, 0.29) is 0 Å². The molecule has 20 heavy (non-hydrogen) atoms. The smallest absolute Gasteiger partial charge is 0.222 e. The van der Waals surface area contributed by atoms with Gasteiger partial charge in [0.15, 0.2) is 0 Å². The number of carbonyl (C=O) groups excluding carboxylic acids is 1. The van der Waals surface area contributed by atoms with Crippen molar-refractivity contribution in [2.75, 3.05) is 26.2 Å². The lowest BCUT2D eigenvalue weighted by molar-refractivity contribution is -0.132. The van der Waals surface area contributed by atoms with Gasteiger partial charge in [-0.25, -0.2) is 4.98 Å². The van der Waals surface area contributed by atoms with E-state index in [1.807, 2.05) is 11.6 Å². The summed E-state index contributed by atoms with van der Waals surface area (Å²) < 4.78 is 0. The van der Waals surface area contributed by atoms with Crippen LogP contribution in [0.3, 0.4) is 0 Å². The largest absolute Gasteiger partial charge is 0.343 e. The van der Waals surface area contributed by atoms with Gasteiger partial charge in [-0.15, -0.1) is 11.3 Å². The number of hydrogen-bond donors (Lipinski definition) is 1. The molecule has 1 unspecified atom stereocenters. The highest BCUT2D eigenvalue weighted by Gasteiger charge is 2.25. The van der Waals surface area contributed by atoms with Crippen molar-refractivity contribution >= 4 is 17.2 Å². The summed E-state index contributed by atoms with van der Waals surface area (Å²) in [6.45, 7) is 4.04. The molecule has 0 saturated carbocycles. The molecule has 1 atom stereocenters. The number of piperidine rings is 1. The molecule has 0 aliphatic carbocycles. The molecule has 0 radical (unpaired) electrons. The number of aromatic nitrogens is 1. The van der Waals surface area contributed by atoms with Gasteiger partial charge in [0.25, 0.3) is 0 Å². The van der Waals surface area contributed by atoms with Gasteiger partial charge in [0.1, 0.15) is 0 Å². The quantitative estimate of drug-likeness (QED) is 0.926. The highest BCUT2D eigenvalue weighted by molar-refractivity contribution is 7.09. The number of amides is 1. The van der Waals surface area contributed by atoms with E-state index in [9.17, 15) is 4.79 Å². The van der Waals surface area contributed by atoms with E-state index < -0.39 is 0 Å². The molecule has 2 saturated heterocycles. The predicted molar refractivity (Wildman–Crippen MR) is 80.9 cm³/mol. The molecule has 1 aromatic rings. The molecule has 5 heteroatoms. The normalized spacial score (nSPS) is 24.2. The Morgan fingerprint density at radius 2 is 2.25 bits per heavy atom. The average molecular weight is 293 g/mol. The Labute approximate surface area is 124 Å². The van der Waals surface area contributed by atoms with Gasteiger partial charge in [0.05, 0.1) is 5.01 Å². The minimum absolute atomic E-state index is 0.356. The first-order valence-corrected chi connectivity index (χ1v) is 8.59. The monoisotopic (exact) mass is 293 g/mol. The SMILES string of the molecule is O=C(CCC1CCNC1)N1CCC(c2nccs2)CC1. The van der Waals surface area contributed by atoms with Crippen LogP contribution in [0, 0.1) is 5.92 Å². The van der Waals surface area contributed by atoms with Crippen LogP contribution < -0.4 is 5.32 Å². The van der Waals surface area contributed by atoms with E-state index in [2.05, 4.69) is 15.2 Å². The molecule has 2 aliphatic heterocycles. The minimum atomic E-state index is 0.356. The van der Waals surface area contributed by atoms with Crippen molar-refractivity contribution in [1.29, 1.82) is 0 Å². The number of likely N-dealkylation sites (tertiary alicyclic amines) is 1. The lowest BCUT2D eigenvalue weighted by atomic mass is 9.96. The number of nitrogens with zero attached hydrogens (tertiary/aromatic N) is 2. The Morgan fingerprint density at radius 3 is 2.90 bits per heavy atom. The van der Waals surface area contributed by atoms with Crippen LogP contribution in [0.5, 0.6) is 0 Å². The molecule has 4 nitrogen and oxygen atoms in total. The van der Waals surface area contributed by atoms with Crippen LogP contribution in [0.2, 0.25) is 0 Å². The van der Waals surface area contributed by atoms with Gasteiger partial charge in [-0.3, -0.25) is 4.79 Å². The van der Waals surface area contributed by atoms with E-state index in [1.54, 1.807) is 11.3 Å². The Hall–Kier alpha value is -0.940. The fraction of sp³-hybridized carbons (Fsp3) is 0.733. The fourth-order valence-electron chi connectivity index (χ4n) is 3.26. The topological polar surface area (TPSA) is 45.2 Å². The Kier molecular flexibility index (Phi) is 4.68. The Morgan fingerprint density at radius 1 is 1.40 bits per heavy atom. The molecule has 110 valence electrons. The van der Waals surface area contributed by atoms with E-state index in [0.29, 0.717) is 17.7 Å². The number of thiazole rings is 1. The van der Waals surface area contributed by atoms with Crippen molar-refractivity contribution in [3.8, 4) is 0 Å². The summed E-state index contributed by atoms with van der Waals surface area (Å²) in [5, 5.41) is 6.66. The van der Waals surface area contributed by atoms with Gasteiger partial charge >= 0.3 is 0 Å². The first-order chi connectivity index (χ1) is 9.83. The maximum atomic E-state index is 12.2. The van der Waals surface area contributed by atoms with Crippen molar-refractivity contribution in [1.82, 2.24) is 15.2 Å². The van der Waals surface area contributed by atoms with Crippen molar-refractivity contribution in [2.24, 2.45) is 5.92 Å². The van der Waals surface area contributed by atoms with Crippen molar-refractivity contribution in [3.63, 3.8) is 0 Å². The summed E-state index contributed by atoms with van der Waals surface area (Å²) in [4.78, 5) is 18.7. The summed E-state index contributed by atoms with van der Waals surface area (Å²) in [6.07, 6.45) is 7.05. The minimum Gasteiger partial charge on any atom is -0.343 e. The van der Waals surface area contributed by atoms with Crippen molar-refractivity contribution < 1.29 is 4.79 Å². The summed E-state index contributed by atoms with van der Waals surface area (Å²) in [5.41, 5.74) is 0. The Balaban J connectivity index is 1.42. The molecule has 1 N–H and O–H groups in total. The van der Waals surface area contributed by atoms with Gasteiger partial charge in [-0.1, -0.05) is 0 Å². The maximum absolute atomic E-state index is 12.2. The molecule has 3 rings (SSSR count). The van der Waals surface area contributed by atoms with Crippen LogP contribution in [0.4, 0.5) is 0 Å². The summed E-state index contributed by atoms with van der Waals surface area (Å²) in [5.74, 6) is 1.64. The zero-order chi connectivity index (χ0) is 13.8. The molecular weight excluding hydrogens is 270 g/mol. The first kappa shape index (κ1) is 14.0. The third kappa shape index (κ3) is 3.38. The zero-order valence-electron chi connectivity index (χ0n) is 11.9. The average Bonchev–Trinajstić information content (AvgIpc) is 3.18. The van der Waals surface area contributed by atoms with Crippen molar-refractivity contribution in [2.45, 2.75) is 38.0 Å². The standard InChI is InChI=1S/C15H23N3OS/c19-14(2-1-12-3-6-16-11-12)18-8-4-13(5-9-18)15-17-7-10-20-15/h7,10,12-13,16H,1-6,8-9,11H2. The third-order valence-corrected chi connectivity index (χ3v) is 5.52. The predicted octanol–water partition coefficient (Wildman–Crippen LogP) is 2.24. The lowest BCUT2D eigenvalue weighted by Gasteiger charge is -2.31. The third-order valence-electron chi connectivity index (χ3n) is 4.58. The molecular formula is C15H23N3OS. The van der Waals surface area contributed by atoms with E-state index in [4.69, 9.17) is 0 Å². The van der Waals surface area contributed by atoms with Gasteiger partial charge in [-0.05, 0) is 44.7 Å². The molecule has 2 aliphatic rings. The van der Waals surface area contributed by atoms with Gasteiger partial charge in [0.2, 0.25) is 5.91 Å². The lowest BCUT2D eigenvalue weighted by Crippen LogP contribution is -2.38. The fourth-order valence-corrected chi connectivity index (χ4v) is 4.07. The van der Waals surface area contributed by atoms with E-state index in [1.165, 1.54) is 11.4 Å². The highest BCUT2D eigenvalue weighted by atomic mass is 32.1. The molecule has 1 aromatic heterocycles. The first-order valence-electron chi connectivity index (χ1n) is 7.71. The van der Waals surface area contributed by atoms with Crippen molar-refractivity contribution in [3.05, 3.63) is 16.6 Å². The number of nitrogens with one attached hydrogen (secondary N) is 1. The summed E-state index contributed by atoms with van der Waals surface area (Å²) in [6, 6.07) is 0. The summed E-state index contributed by atoms with van der Waals surface area (Å²) in [7, 11) is 0. The van der Waals surface area contributed by atoms with Gasteiger partial charge in [-0.2, -0.15) is 0 Å². The maximum Gasteiger partial charge on any atom is 0.222 e. The Bertz CT molecular complexity index is 420. The van der Waals surface area contributed by atoms with Gasteiger partial charge < -0.3 is 10.2 Å². The van der Waals surface area contributed by atoms with Crippen LogP contribution in [-0.2, 0) is 4.79 Å². The highest BCUT2D eigenvalue weighted by Crippen LogP contribution is 2.29. The molecule has 1 amide bonds. The van der Waals surface area contributed by atoms with Crippen LogP contribution in [0.15, 0.2) is 11.6 Å². The number of rotatable bonds is 4. The van der Waals surface area contributed by atoms with Gasteiger partial charge in [0, 0.05) is 37.0 Å². The molecule has 3 heterocycles. The molecule has 2 fully saturated rings. The number of carbonyl (C=O) groups is 1. The van der Waals surface area contributed by atoms with E-state index in [0.717, 1.165) is 51.9 Å². The van der Waals surface area contributed by atoms with Crippen LogP contribution in [-0.4, -0.2) is 42.0 Å². The second kappa shape index (κ2) is 6.68. The second-order valence-corrected chi connectivity index (χ2v) is 6.85. The van der Waals surface area contributed by atoms with Crippen LogP contribution >= 0.6 is 11.3 Å². The molecule has 0 bridgehead atoms. The second-order valence-electron chi connectivity index (χ2n) is 5.92. The molecule has 0 spiro atoms. The zero-order valence-corrected chi connectivity index (χ0v) is 12.7. The molecule has 0 aromatic carbocycles. The van der Waals surface area contributed by atoms with Crippen LogP contribution in [0.1, 0.15) is 43.0 Å². The van der Waals surface area contributed by atoms with Crippen LogP contribution in [0.25, 0.3) is 0 Å². The number of hydrogen-bond acceptors (Lipinski definition) is 4. The van der Waals surface area contributed by atoms with E-state index >= 15 is 0 Å². The summed E-state index contributed by atoms with van der Waals surface area (Å²) >= 11 is 1.74.